The maximum absolute atomic E-state index is 13.2. The molecule has 0 bridgehead atoms. The van der Waals surface area contributed by atoms with Crippen LogP contribution in [0.3, 0.4) is 0 Å². The highest BCUT2D eigenvalue weighted by Gasteiger charge is 2.61. The molecule has 5 rings (SSSR count). The number of anilines is 1. The van der Waals surface area contributed by atoms with Gasteiger partial charge in [-0.15, -0.1) is 0 Å². The summed E-state index contributed by atoms with van der Waals surface area (Å²) in [6, 6.07) is 5.39. The lowest BCUT2D eigenvalue weighted by atomic mass is 9.97. The molecule has 1 fully saturated rings. The zero-order valence-electron chi connectivity index (χ0n) is 18.3. The number of carbonyl (C=O) groups is 2. The highest BCUT2D eigenvalue weighted by molar-refractivity contribution is 6.12. The van der Waals surface area contributed by atoms with E-state index in [0.717, 1.165) is 38.5 Å². The first-order chi connectivity index (χ1) is 15.7. The molecule has 4 aromatic rings. The highest BCUT2D eigenvalue weighted by atomic mass is 19.3. The van der Waals surface area contributed by atoms with Crippen molar-refractivity contribution in [1.82, 2.24) is 19.5 Å². The summed E-state index contributed by atoms with van der Waals surface area (Å²) in [6.45, 7) is 3.72. The molecule has 0 radical (unpaired) electrons. The summed E-state index contributed by atoms with van der Waals surface area (Å²) in [7, 11) is 1.86. The van der Waals surface area contributed by atoms with E-state index in [1.165, 1.54) is 0 Å². The molecule has 1 aromatic carbocycles. The van der Waals surface area contributed by atoms with Gasteiger partial charge in [-0.2, -0.15) is 0 Å². The molecule has 3 aromatic heterocycles. The predicted molar refractivity (Wildman–Crippen MR) is 120 cm³/mol. The fraction of sp³-hybridized carbons (Fsp3) is 0.292. The third kappa shape index (κ3) is 3.53. The second-order valence-corrected chi connectivity index (χ2v) is 8.44. The molecule has 9 heteroatoms. The normalized spacial score (nSPS) is 16.8. The monoisotopic (exact) mass is 449 g/mol. The number of rotatable bonds is 5. The number of benzene rings is 1. The number of fused-ring (bicyclic) bond motifs is 3. The quantitative estimate of drug-likeness (QED) is 0.447. The van der Waals surface area contributed by atoms with Crippen LogP contribution in [0, 0.1) is 12.8 Å². The number of nitrogens with zero attached hydrogens (tertiary/aromatic N) is 4. The number of aromatic nitrogens is 4. The molecule has 33 heavy (non-hydrogen) atoms. The van der Waals surface area contributed by atoms with Gasteiger partial charge in [-0.1, -0.05) is 6.92 Å². The lowest BCUT2D eigenvalue weighted by Crippen LogP contribution is -2.18. The molecule has 1 amide bonds. The fourth-order valence-corrected chi connectivity index (χ4v) is 4.11. The van der Waals surface area contributed by atoms with Gasteiger partial charge in [0.15, 0.2) is 5.78 Å². The molecule has 1 atom stereocenters. The highest BCUT2D eigenvalue weighted by Crippen LogP contribution is 2.49. The molecule has 3 heterocycles. The third-order valence-corrected chi connectivity index (χ3v) is 6.08. The van der Waals surface area contributed by atoms with Gasteiger partial charge in [0, 0.05) is 54.2 Å². The van der Waals surface area contributed by atoms with Gasteiger partial charge < -0.3 is 9.88 Å². The molecule has 1 aliphatic carbocycles. The minimum atomic E-state index is -2.94. The Morgan fingerprint density at radius 3 is 2.58 bits per heavy atom. The first kappa shape index (κ1) is 21.1. The van der Waals surface area contributed by atoms with E-state index in [0.29, 0.717) is 12.1 Å². The van der Waals surface area contributed by atoms with Crippen LogP contribution in [0.5, 0.6) is 0 Å². The number of nitrogens with one attached hydrogen (secondary N) is 1. The number of pyridine rings is 2. The van der Waals surface area contributed by atoms with Crippen LogP contribution in [-0.4, -0.2) is 37.1 Å². The average Bonchev–Trinajstić information content (AvgIpc) is 3.26. The Kier molecular flexibility index (Phi) is 4.73. The Labute approximate surface area is 187 Å². The number of Topliss-reactive ketones (excluding diaryl/α,β-unsaturated/α-hetero) is 1. The fourth-order valence-electron chi connectivity index (χ4n) is 4.11. The first-order valence-electron chi connectivity index (χ1n) is 10.6. The molecule has 7 nitrogen and oxygen atoms in total. The molecular weight excluding hydrogens is 428 g/mol. The van der Waals surface area contributed by atoms with Crippen LogP contribution in [0.1, 0.15) is 35.8 Å². The SMILES string of the molecule is CCC(=O)c1cc(C)c(-c2cc3cnc(NC(=O)[C@H]4CC4(F)F)cc3c3c2ncn3C)cn1. The lowest BCUT2D eigenvalue weighted by molar-refractivity contribution is -0.119. The summed E-state index contributed by atoms with van der Waals surface area (Å²) in [5, 5.41) is 4.08. The van der Waals surface area contributed by atoms with E-state index < -0.39 is 24.2 Å². The molecular formula is C24H21F2N5O2. The van der Waals surface area contributed by atoms with Gasteiger partial charge in [-0.25, -0.2) is 18.7 Å². The van der Waals surface area contributed by atoms with Crippen LogP contribution in [0.4, 0.5) is 14.6 Å². The predicted octanol–water partition coefficient (Wildman–Crippen LogP) is 4.68. The van der Waals surface area contributed by atoms with Gasteiger partial charge in [0.2, 0.25) is 5.91 Å². The summed E-state index contributed by atoms with van der Waals surface area (Å²) >= 11 is 0. The summed E-state index contributed by atoms with van der Waals surface area (Å²) in [5.74, 6) is -4.77. The van der Waals surface area contributed by atoms with E-state index in [2.05, 4.69) is 20.3 Å². The number of hydrogen-bond donors (Lipinski definition) is 1. The van der Waals surface area contributed by atoms with E-state index in [4.69, 9.17) is 0 Å². The van der Waals surface area contributed by atoms with Crippen LogP contribution in [0.25, 0.3) is 32.9 Å². The molecule has 0 saturated heterocycles. The van der Waals surface area contributed by atoms with Crippen molar-refractivity contribution in [2.75, 3.05) is 5.32 Å². The zero-order valence-corrected chi connectivity index (χ0v) is 18.3. The van der Waals surface area contributed by atoms with E-state index in [9.17, 15) is 18.4 Å². The van der Waals surface area contributed by atoms with Crippen molar-refractivity contribution in [2.24, 2.45) is 13.0 Å². The number of imidazole rings is 1. The van der Waals surface area contributed by atoms with E-state index >= 15 is 0 Å². The Morgan fingerprint density at radius 1 is 1.15 bits per heavy atom. The van der Waals surface area contributed by atoms with Crippen molar-refractivity contribution in [3.8, 4) is 11.1 Å². The molecule has 0 unspecified atom stereocenters. The summed E-state index contributed by atoms with van der Waals surface area (Å²) in [6.07, 6.45) is 4.93. The Balaban J connectivity index is 1.61. The molecule has 0 spiro atoms. The van der Waals surface area contributed by atoms with E-state index in [1.54, 1.807) is 37.8 Å². The minimum absolute atomic E-state index is 0.0196. The van der Waals surface area contributed by atoms with Crippen LogP contribution in [0.2, 0.25) is 0 Å². The largest absolute Gasteiger partial charge is 0.333 e. The minimum Gasteiger partial charge on any atom is -0.333 e. The second-order valence-electron chi connectivity index (χ2n) is 8.44. The van der Waals surface area contributed by atoms with E-state index in [1.807, 2.05) is 24.6 Å². The molecule has 168 valence electrons. The van der Waals surface area contributed by atoms with Crippen molar-refractivity contribution in [3.05, 3.63) is 48.2 Å². The number of halogens is 2. The lowest BCUT2D eigenvalue weighted by Gasteiger charge is -2.12. The van der Waals surface area contributed by atoms with Crippen molar-refractivity contribution in [1.29, 1.82) is 0 Å². The third-order valence-electron chi connectivity index (χ3n) is 6.08. The van der Waals surface area contributed by atoms with Crippen molar-refractivity contribution in [3.63, 3.8) is 0 Å². The van der Waals surface area contributed by atoms with Crippen LogP contribution >= 0.6 is 0 Å². The Morgan fingerprint density at radius 2 is 1.91 bits per heavy atom. The Hall–Kier alpha value is -3.75. The smallest absolute Gasteiger partial charge is 0.260 e. The summed E-state index contributed by atoms with van der Waals surface area (Å²) in [5.41, 5.74) is 4.55. The van der Waals surface area contributed by atoms with Crippen molar-refractivity contribution < 1.29 is 18.4 Å². The standard InChI is InChI=1S/C24H21F2N5O2/c1-4-19(32)18-5-12(2)16(10-27-18)15-6-13-9-28-20(30-23(33)17-8-24(17,25)26)7-14(13)22-21(15)29-11-31(22)3/h5-7,9-11,17H,4,8H2,1-3H3,(H,28,30,33)/t17-/m1/s1. The Bertz CT molecular complexity index is 1460. The van der Waals surface area contributed by atoms with Gasteiger partial charge in [-0.05, 0) is 30.7 Å². The number of aryl methyl sites for hydroxylation is 2. The number of alkyl halides is 2. The molecule has 1 saturated carbocycles. The average molecular weight is 449 g/mol. The second kappa shape index (κ2) is 7.40. The van der Waals surface area contributed by atoms with Crippen molar-refractivity contribution >= 4 is 39.3 Å². The van der Waals surface area contributed by atoms with Gasteiger partial charge in [0.25, 0.3) is 5.92 Å². The summed E-state index contributed by atoms with van der Waals surface area (Å²) < 4.78 is 28.3. The first-order valence-corrected chi connectivity index (χ1v) is 10.6. The number of hydrogen-bond acceptors (Lipinski definition) is 5. The summed E-state index contributed by atoms with van der Waals surface area (Å²) in [4.78, 5) is 37.3. The molecule has 1 aliphatic rings. The van der Waals surface area contributed by atoms with Gasteiger partial charge in [-0.3, -0.25) is 14.6 Å². The van der Waals surface area contributed by atoms with Gasteiger partial charge in [0.05, 0.1) is 17.4 Å². The zero-order chi connectivity index (χ0) is 23.5. The number of ketones is 1. The van der Waals surface area contributed by atoms with Gasteiger partial charge >= 0.3 is 0 Å². The van der Waals surface area contributed by atoms with Crippen molar-refractivity contribution in [2.45, 2.75) is 32.6 Å². The molecule has 0 aliphatic heterocycles. The van der Waals surface area contributed by atoms with Crippen LogP contribution in [-0.2, 0) is 11.8 Å². The van der Waals surface area contributed by atoms with Crippen LogP contribution < -0.4 is 5.32 Å². The number of amides is 1. The topological polar surface area (TPSA) is 89.8 Å². The van der Waals surface area contributed by atoms with Crippen LogP contribution in [0.15, 0.2) is 36.9 Å². The van der Waals surface area contributed by atoms with Gasteiger partial charge in [0.1, 0.15) is 17.4 Å². The maximum atomic E-state index is 13.2. The number of carbonyl (C=O) groups excluding carboxylic acids is 2. The maximum Gasteiger partial charge on any atom is 0.260 e. The molecule has 1 N–H and O–H groups in total. The van der Waals surface area contributed by atoms with E-state index in [-0.39, 0.29) is 11.6 Å².